The van der Waals surface area contributed by atoms with Gasteiger partial charge in [-0.1, -0.05) is 74.5 Å². The monoisotopic (exact) mass is 330 g/mol. The molecule has 2 nitrogen and oxygen atoms in total. The minimum Gasteiger partial charge on any atom is -0.299 e. The lowest BCUT2D eigenvalue weighted by molar-refractivity contribution is -0.149. The van der Waals surface area contributed by atoms with E-state index in [-0.39, 0.29) is 17.5 Å². The maximum atomic E-state index is 13.4. The number of ketones is 2. The summed E-state index contributed by atoms with van der Waals surface area (Å²) >= 11 is 0. The van der Waals surface area contributed by atoms with Crippen LogP contribution in [0.25, 0.3) is 11.1 Å². The van der Waals surface area contributed by atoms with E-state index in [1.807, 2.05) is 57.2 Å². The molecule has 3 aliphatic rings. The van der Waals surface area contributed by atoms with Crippen LogP contribution in [0.5, 0.6) is 0 Å². The molecule has 0 unspecified atom stereocenters. The van der Waals surface area contributed by atoms with Crippen LogP contribution >= 0.6 is 0 Å². The molecule has 0 aliphatic heterocycles. The highest BCUT2D eigenvalue weighted by molar-refractivity contribution is 6.22. The first kappa shape index (κ1) is 16.0. The average Bonchev–Trinajstić information content (AvgIpc) is 2.60. The first-order chi connectivity index (χ1) is 11.9. The fraction of sp³-hybridized carbons (Fsp3) is 0.304. The van der Waals surface area contributed by atoms with Gasteiger partial charge >= 0.3 is 0 Å². The van der Waals surface area contributed by atoms with Gasteiger partial charge in [-0.2, -0.15) is 0 Å². The quantitative estimate of drug-likeness (QED) is 0.792. The summed E-state index contributed by atoms with van der Waals surface area (Å²) in [5.41, 5.74) is 2.73. The third-order valence-electron chi connectivity index (χ3n) is 5.91. The minimum atomic E-state index is -0.762. The molecule has 5 rings (SSSR count). The van der Waals surface area contributed by atoms with Crippen molar-refractivity contribution in [3.05, 3.63) is 71.8 Å². The van der Waals surface area contributed by atoms with Crippen LogP contribution in [0.3, 0.4) is 0 Å². The van der Waals surface area contributed by atoms with Gasteiger partial charge in [-0.15, -0.1) is 0 Å². The largest absolute Gasteiger partial charge is 0.299 e. The molecule has 2 bridgehead atoms. The minimum absolute atomic E-state index is 0.183. The normalized spacial score (nSPS) is 27.7. The molecule has 0 spiro atoms. The molecule has 0 radical (unpaired) electrons. The third-order valence-corrected chi connectivity index (χ3v) is 5.91. The maximum absolute atomic E-state index is 13.4. The molecule has 126 valence electrons. The van der Waals surface area contributed by atoms with E-state index in [9.17, 15) is 9.59 Å². The van der Waals surface area contributed by atoms with Gasteiger partial charge in [0.15, 0.2) is 0 Å². The first-order valence-corrected chi connectivity index (χ1v) is 8.80. The Kier molecular flexibility index (Phi) is 3.37. The van der Waals surface area contributed by atoms with Crippen LogP contribution in [0.15, 0.2) is 60.7 Å². The molecule has 0 saturated heterocycles. The van der Waals surface area contributed by atoms with Gasteiger partial charge < -0.3 is 0 Å². The molecule has 0 aromatic heterocycles. The van der Waals surface area contributed by atoms with Crippen LogP contribution in [-0.4, -0.2) is 11.6 Å². The molecule has 1 saturated carbocycles. The fourth-order valence-corrected chi connectivity index (χ4v) is 4.95. The Morgan fingerprint density at radius 2 is 1.32 bits per heavy atom. The standard InChI is InChI=1S/C23H22O2/c1-22(2)20-17(24)14-23(3,21(22)25)19(16-12-8-5-9-13-16)18(20)15-10-6-4-7-11-15/h4-13,20H,14H2,1-3H3/t20-,23+/m0/s1. The second-order valence-corrected chi connectivity index (χ2v) is 7.98. The number of hydrogen-bond donors (Lipinski definition) is 0. The van der Waals surface area contributed by atoms with Gasteiger partial charge in [-0.25, -0.2) is 0 Å². The van der Waals surface area contributed by atoms with Gasteiger partial charge in [-0.05, 0) is 29.2 Å². The summed E-state index contributed by atoms with van der Waals surface area (Å²) in [5, 5.41) is 0. The summed E-state index contributed by atoms with van der Waals surface area (Å²) in [7, 11) is 0. The SMILES string of the molecule is CC1(C)C(=O)[C@]2(C)CC(=O)[C@H]1C(c1ccccc1)=C2c1ccccc1. The highest BCUT2D eigenvalue weighted by atomic mass is 16.1. The van der Waals surface area contributed by atoms with Crippen molar-refractivity contribution in [2.24, 2.45) is 16.7 Å². The number of carbonyl (C=O) groups excluding carboxylic acids is 2. The smallest absolute Gasteiger partial charge is 0.150 e. The van der Waals surface area contributed by atoms with Gasteiger partial charge in [-0.3, -0.25) is 9.59 Å². The number of carbonyl (C=O) groups is 2. The van der Waals surface area contributed by atoms with Crippen molar-refractivity contribution in [3.8, 4) is 0 Å². The van der Waals surface area contributed by atoms with E-state index in [1.54, 1.807) is 0 Å². The van der Waals surface area contributed by atoms with Gasteiger partial charge in [0.1, 0.15) is 11.6 Å². The number of hydrogen-bond acceptors (Lipinski definition) is 2. The molecule has 3 aliphatic carbocycles. The molecule has 1 fully saturated rings. The van der Waals surface area contributed by atoms with Crippen LogP contribution < -0.4 is 0 Å². The summed E-state index contributed by atoms with van der Waals surface area (Å²) < 4.78 is 0. The first-order valence-electron chi connectivity index (χ1n) is 8.80. The Balaban J connectivity index is 2.12. The Morgan fingerprint density at radius 1 is 0.800 bits per heavy atom. The van der Waals surface area contributed by atoms with E-state index >= 15 is 0 Å². The summed E-state index contributed by atoms with van der Waals surface area (Å²) in [6, 6.07) is 20.1. The molecule has 2 heteroatoms. The number of fused-ring (bicyclic) bond motifs is 2. The van der Waals surface area contributed by atoms with Crippen LogP contribution in [0, 0.1) is 16.7 Å². The van der Waals surface area contributed by atoms with Crippen molar-refractivity contribution >= 4 is 22.7 Å². The Morgan fingerprint density at radius 3 is 1.88 bits per heavy atom. The average molecular weight is 330 g/mol. The van der Waals surface area contributed by atoms with Crippen LogP contribution in [-0.2, 0) is 9.59 Å². The Labute approximate surface area is 148 Å². The lowest BCUT2D eigenvalue weighted by Gasteiger charge is -2.53. The number of allylic oxidation sites excluding steroid dienone is 2. The molecular weight excluding hydrogens is 308 g/mol. The molecule has 0 heterocycles. The highest BCUT2D eigenvalue weighted by Gasteiger charge is 2.62. The van der Waals surface area contributed by atoms with Crippen molar-refractivity contribution in [1.29, 1.82) is 0 Å². The molecule has 25 heavy (non-hydrogen) atoms. The molecule has 0 N–H and O–H groups in total. The second kappa shape index (κ2) is 5.26. The zero-order valence-corrected chi connectivity index (χ0v) is 14.9. The molecule has 2 aromatic carbocycles. The Hall–Kier alpha value is -2.48. The topological polar surface area (TPSA) is 34.1 Å². The summed E-state index contributed by atoms with van der Waals surface area (Å²) in [6.45, 7) is 5.82. The van der Waals surface area contributed by atoms with Crippen molar-refractivity contribution in [2.75, 3.05) is 0 Å². The summed E-state index contributed by atoms with van der Waals surface area (Å²) in [5.74, 6) is -0.00630. The van der Waals surface area contributed by atoms with E-state index in [2.05, 4.69) is 24.3 Å². The molecule has 0 amide bonds. The zero-order valence-electron chi connectivity index (χ0n) is 14.9. The third kappa shape index (κ3) is 2.10. The number of benzene rings is 2. The molecular formula is C23H22O2. The second-order valence-electron chi connectivity index (χ2n) is 7.98. The maximum Gasteiger partial charge on any atom is 0.150 e. The number of Topliss-reactive ketones (excluding diaryl/α,β-unsaturated/α-hetero) is 2. The Bertz CT molecular complexity index is 890. The van der Waals surface area contributed by atoms with E-state index in [0.29, 0.717) is 6.42 Å². The summed E-state index contributed by atoms with van der Waals surface area (Å²) in [4.78, 5) is 26.3. The molecule has 2 aromatic rings. The molecule has 2 atom stereocenters. The van der Waals surface area contributed by atoms with Crippen LogP contribution in [0.2, 0.25) is 0 Å². The summed E-state index contributed by atoms with van der Waals surface area (Å²) in [6.07, 6.45) is 0.306. The zero-order chi connectivity index (χ0) is 17.8. The predicted octanol–water partition coefficient (Wildman–Crippen LogP) is 4.80. The van der Waals surface area contributed by atoms with E-state index in [1.165, 1.54) is 0 Å². The highest BCUT2D eigenvalue weighted by Crippen LogP contribution is 2.62. The van der Waals surface area contributed by atoms with Crippen molar-refractivity contribution in [3.63, 3.8) is 0 Å². The van der Waals surface area contributed by atoms with Crippen LogP contribution in [0.4, 0.5) is 0 Å². The van der Waals surface area contributed by atoms with Crippen molar-refractivity contribution in [1.82, 2.24) is 0 Å². The lowest BCUT2D eigenvalue weighted by atomic mass is 9.47. The van der Waals surface area contributed by atoms with Crippen molar-refractivity contribution in [2.45, 2.75) is 27.2 Å². The van der Waals surface area contributed by atoms with E-state index in [0.717, 1.165) is 22.3 Å². The fourth-order valence-electron chi connectivity index (χ4n) is 4.95. The lowest BCUT2D eigenvalue weighted by Crippen LogP contribution is -2.57. The van der Waals surface area contributed by atoms with E-state index in [4.69, 9.17) is 0 Å². The van der Waals surface area contributed by atoms with E-state index < -0.39 is 10.8 Å². The van der Waals surface area contributed by atoms with Crippen LogP contribution in [0.1, 0.15) is 38.3 Å². The van der Waals surface area contributed by atoms with Gasteiger partial charge in [0.2, 0.25) is 0 Å². The number of rotatable bonds is 2. The van der Waals surface area contributed by atoms with Gasteiger partial charge in [0.05, 0.1) is 11.3 Å². The van der Waals surface area contributed by atoms with Gasteiger partial charge in [0.25, 0.3) is 0 Å². The van der Waals surface area contributed by atoms with Gasteiger partial charge in [0, 0.05) is 11.8 Å². The van der Waals surface area contributed by atoms with Crippen molar-refractivity contribution < 1.29 is 9.59 Å². The predicted molar refractivity (Wildman–Crippen MR) is 99.7 cm³/mol.